The van der Waals surface area contributed by atoms with Gasteiger partial charge in [0.25, 0.3) is 0 Å². The maximum atomic E-state index is 5.87. The third-order valence-corrected chi connectivity index (χ3v) is 4.52. The van der Waals surface area contributed by atoms with Crippen LogP contribution in [0.15, 0.2) is 36.9 Å². The zero-order valence-corrected chi connectivity index (χ0v) is 16.0. The highest BCUT2D eigenvalue weighted by atomic mass is 16.7. The van der Waals surface area contributed by atoms with E-state index in [9.17, 15) is 0 Å². The van der Waals surface area contributed by atoms with Gasteiger partial charge in [0.15, 0.2) is 23.0 Å². The highest BCUT2D eigenvalue weighted by Gasteiger charge is 2.24. The maximum Gasteiger partial charge on any atom is 0.231 e. The van der Waals surface area contributed by atoms with Crippen molar-refractivity contribution in [1.29, 1.82) is 0 Å². The lowest BCUT2D eigenvalue weighted by Crippen LogP contribution is -2.04. The summed E-state index contributed by atoms with van der Waals surface area (Å²) in [5.41, 5.74) is 1.96. The lowest BCUT2D eigenvalue weighted by molar-refractivity contribution is 0.174. The van der Waals surface area contributed by atoms with Crippen molar-refractivity contribution >= 4 is 0 Å². The fraction of sp³-hybridized carbons (Fsp3) is 0.333. The van der Waals surface area contributed by atoms with Crippen LogP contribution in [-0.2, 0) is 0 Å². The van der Waals surface area contributed by atoms with Crippen molar-refractivity contribution in [3.63, 3.8) is 0 Å². The molecule has 1 heterocycles. The van der Waals surface area contributed by atoms with Crippen molar-refractivity contribution in [2.75, 3.05) is 34.7 Å². The van der Waals surface area contributed by atoms with Gasteiger partial charge in [0, 0.05) is 17.5 Å². The minimum absolute atomic E-state index is 0.0204. The molecule has 144 valence electrons. The first-order valence-electron chi connectivity index (χ1n) is 8.60. The summed E-state index contributed by atoms with van der Waals surface area (Å²) in [6.45, 7) is 6.40. The molecule has 0 radical (unpaired) electrons. The van der Waals surface area contributed by atoms with E-state index in [0.29, 0.717) is 35.4 Å². The van der Waals surface area contributed by atoms with Crippen LogP contribution in [0, 0.1) is 0 Å². The van der Waals surface area contributed by atoms with E-state index in [2.05, 4.69) is 13.5 Å². The Kier molecular flexibility index (Phi) is 5.64. The number of hydrogen-bond donors (Lipinski definition) is 0. The van der Waals surface area contributed by atoms with Gasteiger partial charge in [0.1, 0.15) is 12.4 Å². The van der Waals surface area contributed by atoms with E-state index in [0.717, 1.165) is 16.9 Å². The molecule has 0 aromatic heterocycles. The van der Waals surface area contributed by atoms with Crippen molar-refractivity contribution in [1.82, 2.24) is 0 Å². The van der Waals surface area contributed by atoms with E-state index in [1.807, 2.05) is 24.3 Å². The first kappa shape index (κ1) is 18.8. The first-order valence-corrected chi connectivity index (χ1v) is 8.60. The SMILES string of the molecule is C=CCOc1cc2c(cc1[C@@H](C)c1cc(OC)c(OC)c(OC)c1)OCO2. The molecule has 0 spiro atoms. The van der Waals surface area contributed by atoms with E-state index in [-0.39, 0.29) is 12.7 Å². The molecule has 2 aromatic rings. The Morgan fingerprint density at radius 2 is 1.59 bits per heavy atom. The average molecular weight is 372 g/mol. The van der Waals surface area contributed by atoms with Gasteiger partial charge in [-0.1, -0.05) is 19.6 Å². The van der Waals surface area contributed by atoms with Crippen molar-refractivity contribution in [2.24, 2.45) is 0 Å². The van der Waals surface area contributed by atoms with Gasteiger partial charge in [-0.05, 0) is 23.8 Å². The second kappa shape index (κ2) is 8.12. The number of fused-ring (bicyclic) bond motifs is 1. The second-order valence-corrected chi connectivity index (χ2v) is 6.02. The zero-order chi connectivity index (χ0) is 19.4. The molecule has 1 atom stereocenters. The van der Waals surface area contributed by atoms with Crippen molar-refractivity contribution in [2.45, 2.75) is 12.8 Å². The Morgan fingerprint density at radius 3 is 2.15 bits per heavy atom. The van der Waals surface area contributed by atoms with E-state index in [1.165, 1.54) is 0 Å². The Balaban J connectivity index is 2.07. The highest BCUT2D eigenvalue weighted by molar-refractivity contribution is 5.58. The van der Waals surface area contributed by atoms with E-state index < -0.39 is 0 Å². The van der Waals surface area contributed by atoms with E-state index in [4.69, 9.17) is 28.4 Å². The lowest BCUT2D eigenvalue weighted by atomic mass is 9.91. The molecular formula is C21H24O6. The molecule has 2 aromatic carbocycles. The standard InChI is InChI=1S/C21H24O6/c1-6-7-25-16-11-18-17(26-12-27-18)10-15(16)13(2)14-8-19(22-3)21(24-5)20(9-14)23-4/h6,8-11,13H,1,7,12H2,2-5H3/t13-/m0/s1. The fourth-order valence-electron chi connectivity index (χ4n) is 3.08. The predicted octanol–water partition coefficient (Wildman–Crippen LogP) is 4.16. The van der Waals surface area contributed by atoms with Crippen LogP contribution in [-0.4, -0.2) is 34.7 Å². The van der Waals surface area contributed by atoms with E-state index >= 15 is 0 Å². The molecule has 6 nitrogen and oxygen atoms in total. The molecule has 0 saturated heterocycles. The zero-order valence-electron chi connectivity index (χ0n) is 16.0. The first-order chi connectivity index (χ1) is 13.1. The summed E-state index contributed by atoms with van der Waals surface area (Å²) in [6, 6.07) is 7.69. The average Bonchev–Trinajstić information content (AvgIpc) is 3.17. The Labute approximate surface area is 159 Å². The quantitative estimate of drug-likeness (QED) is 0.649. The number of methoxy groups -OCH3 is 3. The minimum Gasteiger partial charge on any atom is -0.493 e. The Morgan fingerprint density at radius 1 is 0.963 bits per heavy atom. The van der Waals surface area contributed by atoms with Gasteiger partial charge in [-0.15, -0.1) is 0 Å². The number of benzene rings is 2. The van der Waals surface area contributed by atoms with Gasteiger partial charge in [-0.2, -0.15) is 0 Å². The molecule has 0 amide bonds. The molecular weight excluding hydrogens is 348 g/mol. The summed E-state index contributed by atoms with van der Waals surface area (Å²) in [6.07, 6.45) is 1.71. The minimum atomic E-state index is -0.0204. The number of hydrogen-bond acceptors (Lipinski definition) is 6. The molecule has 0 saturated carbocycles. The third-order valence-electron chi connectivity index (χ3n) is 4.52. The number of rotatable bonds is 8. The van der Waals surface area contributed by atoms with Gasteiger partial charge in [-0.3, -0.25) is 0 Å². The van der Waals surface area contributed by atoms with Gasteiger partial charge in [-0.25, -0.2) is 0 Å². The maximum absolute atomic E-state index is 5.87. The molecule has 3 rings (SSSR count). The molecule has 0 fully saturated rings. The van der Waals surface area contributed by atoms with Crippen LogP contribution in [0.3, 0.4) is 0 Å². The topological polar surface area (TPSA) is 55.4 Å². The molecule has 0 N–H and O–H groups in total. The molecule has 0 bridgehead atoms. The monoisotopic (exact) mass is 372 g/mol. The van der Waals surface area contributed by atoms with Crippen molar-refractivity contribution in [3.8, 4) is 34.5 Å². The second-order valence-electron chi connectivity index (χ2n) is 6.02. The summed E-state index contributed by atoms with van der Waals surface area (Å²) in [7, 11) is 4.79. The molecule has 1 aliphatic heterocycles. The molecule has 0 unspecified atom stereocenters. The van der Waals surface area contributed by atoms with Gasteiger partial charge >= 0.3 is 0 Å². The largest absolute Gasteiger partial charge is 0.493 e. The van der Waals surface area contributed by atoms with Crippen molar-refractivity contribution in [3.05, 3.63) is 48.0 Å². The fourth-order valence-corrected chi connectivity index (χ4v) is 3.08. The Bertz CT molecular complexity index is 805. The van der Waals surface area contributed by atoms with Crippen LogP contribution in [0.1, 0.15) is 24.0 Å². The summed E-state index contributed by atoms with van der Waals surface area (Å²) >= 11 is 0. The van der Waals surface area contributed by atoms with Gasteiger partial charge in [0.05, 0.1) is 21.3 Å². The summed E-state index contributed by atoms with van der Waals surface area (Å²) < 4.78 is 33.3. The van der Waals surface area contributed by atoms with Gasteiger partial charge < -0.3 is 28.4 Å². The smallest absolute Gasteiger partial charge is 0.231 e. The van der Waals surface area contributed by atoms with Crippen LogP contribution in [0.25, 0.3) is 0 Å². The molecule has 27 heavy (non-hydrogen) atoms. The van der Waals surface area contributed by atoms with Crippen LogP contribution < -0.4 is 28.4 Å². The van der Waals surface area contributed by atoms with Gasteiger partial charge in [0.2, 0.25) is 12.5 Å². The normalized spacial score (nSPS) is 13.0. The van der Waals surface area contributed by atoms with E-state index in [1.54, 1.807) is 27.4 Å². The van der Waals surface area contributed by atoms with Crippen LogP contribution >= 0.6 is 0 Å². The summed E-state index contributed by atoms with van der Waals surface area (Å²) in [4.78, 5) is 0. The van der Waals surface area contributed by atoms with Crippen molar-refractivity contribution < 1.29 is 28.4 Å². The third kappa shape index (κ3) is 3.60. The highest BCUT2D eigenvalue weighted by Crippen LogP contribution is 2.45. The Hall–Kier alpha value is -3.02. The van der Waals surface area contributed by atoms with Crippen LogP contribution in [0.2, 0.25) is 0 Å². The predicted molar refractivity (Wildman–Crippen MR) is 102 cm³/mol. The van der Waals surface area contributed by atoms with Crippen LogP contribution in [0.4, 0.5) is 0 Å². The number of ether oxygens (including phenoxy) is 6. The molecule has 1 aliphatic rings. The summed E-state index contributed by atoms with van der Waals surface area (Å²) in [5.74, 6) is 3.85. The molecule has 0 aliphatic carbocycles. The summed E-state index contributed by atoms with van der Waals surface area (Å²) in [5, 5.41) is 0. The lowest BCUT2D eigenvalue weighted by Gasteiger charge is -2.20. The molecule has 6 heteroatoms. The van der Waals surface area contributed by atoms with Crippen LogP contribution in [0.5, 0.6) is 34.5 Å².